The molecule has 122 valence electrons. The Hall–Kier alpha value is -1.30. The molecule has 0 saturated heterocycles. The number of carbonyl (C=O) groups excluding carboxylic acids is 1. The van der Waals surface area contributed by atoms with Crippen LogP contribution in [0.5, 0.6) is 5.75 Å². The maximum atomic E-state index is 12.3. The molecule has 0 spiro atoms. The first-order valence-electron chi connectivity index (χ1n) is 7.46. The van der Waals surface area contributed by atoms with Crippen LogP contribution in [0.2, 0.25) is 5.02 Å². The van der Waals surface area contributed by atoms with Crippen molar-refractivity contribution in [3.8, 4) is 5.75 Å². The van der Waals surface area contributed by atoms with Gasteiger partial charge in [0.1, 0.15) is 12.4 Å². The molecule has 1 aromatic rings. The molecule has 1 saturated carbocycles. The summed E-state index contributed by atoms with van der Waals surface area (Å²) in [6.07, 6.45) is 0.415. The van der Waals surface area contributed by atoms with Crippen molar-refractivity contribution in [2.45, 2.75) is 31.9 Å². The number of rotatable bonds is 5. The number of hydrogen-bond donors (Lipinski definition) is 2. The summed E-state index contributed by atoms with van der Waals surface area (Å²) >= 11 is 5.90. The van der Waals surface area contributed by atoms with Gasteiger partial charge in [0.05, 0.1) is 12.6 Å². The monoisotopic (exact) mass is 326 g/mol. The Balaban J connectivity index is 1.80. The maximum absolute atomic E-state index is 12.3. The first-order chi connectivity index (χ1) is 10.4. The fourth-order valence-corrected chi connectivity index (χ4v) is 2.97. The number of halogens is 1. The standard InChI is InChI=1S/C16H23ClN2O3/c1-10-7-12(17)3-4-15(10)22-6-5-19(2)16(21)11-8-13(18)14(20)9-11/h3-4,7,11,13-14,20H,5-6,8-9,18H2,1-2H3/t11-,13+,14+/m0/s1. The van der Waals surface area contributed by atoms with Crippen LogP contribution < -0.4 is 10.5 Å². The van der Waals surface area contributed by atoms with Crippen molar-refractivity contribution >= 4 is 17.5 Å². The van der Waals surface area contributed by atoms with Gasteiger partial charge in [-0.25, -0.2) is 0 Å². The minimum Gasteiger partial charge on any atom is -0.491 e. The third kappa shape index (κ3) is 4.12. The van der Waals surface area contributed by atoms with Crippen molar-refractivity contribution in [2.75, 3.05) is 20.2 Å². The van der Waals surface area contributed by atoms with Crippen LogP contribution in [0.1, 0.15) is 18.4 Å². The summed E-state index contributed by atoms with van der Waals surface area (Å²) in [7, 11) is 1.75. The average Bonchev–Trinajstić information content (AvgIpc) is 2.80. The molecule has 1 fully saturated rings. The Morgan fingerprint density at radius 3 is 2.82 bits per heavy atom. The van der Waals surface area contributed by atoms with Gasteiger partial charge < -0.3 is 20.5 Å². The van der Waals surface area contributed by atoms with Crippen LogP contribution in [0.4, 0.5) is 0 Å². The smallest absolute Gasteiger partial charge is 0.225 e. The lowest BCUT2D eigenvalue weighted by Crippen LogP contribution is -2.35. The van der Waals surface area contributed by atoms with E-state index < -0.39 is 6.10 Å². The molecular weight excluding hydrogens is 304 g/mol. The van der Waals surface area contributed by atoms with Gasteiger partial charge in [-0.3, -0.25) is 4.79 Å². The maximum Gasteiger partial charge on any atom is 0.225 e. The first-order valence-corrected chi connectivity index (χ1v) is 7.84. The third-order valence-corrected chi connectivity index (χ3v) is 4.36. The number of aliphatic hydroxyl groups excluding tert-OH is 1. The van der Waals surface area contributed by atoms with Gasteiger partial charge in [0.2, 0.25) is 5.91 Å². The molecule has 0 heterocycles. The molecule has 22 heavy (non-hydrogen) atoms. The zero-order chi connectivity index (χ0) is 16.3. The molecule has 1 amide bonds. The van der Waals surface area contributed by atoms with E-state index in [1.54, 1.807) is 18.0 Å². The largest absolute Gasteiger partial charge is 0.491 e. The zero-order valence-corrected chi connectivity index (χ0v) is 13.7. The highest BCUT2D eigenvalue weighted by Gasteiger charge is 2.35. The predicted octanol–water partition coefficient (Wildman–Crippen LogP) is 1.58. The van der Waals surface area contributed by atoms with E-state index in [4.69, 9.17) is 22.1 Å². The van der Waals surface area contributed by atoms with E-state index in [1.807, 2.05) is 19.1 Å². The number of nitrogens with zero attached hydrogens (tertiary/aromatic N) is 1. The molecule has 6 heteroatoms. The molecule has 0 aromatic heterocycles. The molecule has 5 nitrogen and oxygen atoms in total. The molecule has 0 unspecified atom stereocenters. The first kappa shape index (κ1) is 17.1. The second-order valence-corrected chi connectivity index (χ2v) is 6.35. The summed E-state index contributed by atoms with van der Waals surface area (Å²) in [6, 6.07) is 5.15. The molecule has 3 N–H and O–H groups in total. The van der Waals surface area contributed by atoms with Gasteiger partial charge in [0.25, 0.3) is 0 Å². The summed E-state index contributed by atoms with van der Waals surface area (Å²) in [5.74, 6) is 0.597. The van der Waals surface area contributed by atoms with Gasteiger partial charge in [0, 0.05) is 24.0 Å². The van der Waals surface area contributed by atoms with E-state index in [0.29, 0.717) is 31.0 Å². The van der Waals surface area contributed by atoms with Crippen molar-refractivity contribution in [2.24, 2.45) is 11.7 Å². The Morgan fingerprint density at radius 1 is 1.50 bits per heavy atom. The molecule has 1 aliphatic carbocycles. The normalized spacial score (nSPS) is 24.3. The number of benzene rings is 1. The average molecular weight is 327 g/mol. The number of aliphatic hydroxyl groups is 1. The Labute approximate surface area is 136 Å². The van der Waals surface area contributed by atoms with Crippen molar-refractivity contribution in [3.05, 3.63) is 28.8 Å². The van der Waals surface area contributed by atoms with E-state index in [1.165, 1.54) is 0 Å². The van der Waals surface area contributed by atoms with Crippen LogP contribution in [-0.2, 0) is 4.79 Å². The van der Waals surface area contributed by atoms with Crippen molar-refractivity contribution in [1.82, 2.24) is 4.90 Å². The van der Waals surface area contributed by atoms with Crippen LogP contribution in [0, 0.1) is 12.8 Å². The lowest BCUT2D eigenvalue weighted by atomic mass is 10.1. The zero-order valence-electron chi connectivity index (χ0n) is 13.0. The quantitative estimate of drug-likeness (QED) is 0.861. The minimum atomic E-state index is -0.574. The number of hydrogen-bond acceptors (Lipinski definition) is 4. The number of carbonyl (C=O) groups is 1. The van der Waals surface area contributed by atoms with Crippen LogP contribution in [-0.4, -0.2) is 48.3 Å². The Bertz CT molecular complexity index is 528. The number of nitrogens with two attached hydrogens (primary N) is 1. The molecule has 0 bridgehead atoms. The molecule has 0 radical (unpaired) electrons. The van der Waals surface area contributed by atoms with E-state index in [0.717, 1.165) is 11.3 Å². The fourth-order valence-electron chi connectivity index (χ4n) is 2.74. The van der Waals surface area contributed by atoms with E-state index in [-0.39, 0.29) is 17.9 Å². The Kier molecular flexibility index (Phi) is 5.67. The summed E-state index contributed by atoms with van der Waals surface area (Å²) in [5, 5.41) is 10.3. The predicted molar refractivity (Wildman–Crippen MR) is 86.0 cm³/mol. The van der Waals surface area contributed by atoms with Crippen molar-refractivity contribution < 1.29 is 14.6 Å². The van der Waals surface area contributed by atoms with Gasteiger partial charge in [-0.2, -0.15) is 0 Å². The fraction of sp³-hybridized carbons (Fsp3) is 0.562. The van der Waals surface area contributed by atoms with Gasteiger partial charge in [0.15, 0.2) is 0 Å². The Morgan fingerprint density at radius 2 is 2.23 bits per heavy atom. The topological polar surface area (TPSA) is 75.8 Å². The van der Waals surface area contributed by atoms with Crippen molar-refractivity contribution in [3.63, 3.8) is 0 Å². The third-order valence-electron chi connectivity index (χ3n) is 4.12. The number of likely N-dealkylation sites (N-methyl/N-ethyl adjacent to an activating group) is 1. The highest BCUT2D eigenvalue weighted by molar-refractivity contribution is 6.30. The van der Waals surface area contributed by atoms with Gasteiger partial charge in [-0.15, -0.1) is 0 Å². The van der Waals surface area contributed by atoms with E-state index in [2.05, 4.69) is 0 Å². The van der Waals surface area contributed by atoms with Gasteiger partial charge in [-0.05, 0) is 43.5 Å². The minimum absolute atomic E-state index is 0.0171. The lowest BCUT2D eigenvalue weighted by molar-refractivity contribution is -0.134. The summed E-state index contributed by atoms with van der Waals surface area (Å²) < 4.78 is 5.69. The second-order valence-electron chi connectivity index (χ2n) is 5.92. The molecule has 0 aliphatic heterocycles. The van der Waals surface area contributed by atoms with Crippen LogP contribution >= 0.6 is 11.6 Å². The highest BCUT2D eigenvalue weighted by Crippen LogP contribution is 2.26. The molecule has 1 aliphatic rings. The van der Waals surface area contributed by atoms with Crippen LogP contribution in [0.3, 0.4) is 0 Å². The van der Waals surface area contributed by atoms with Crippen molar-refractivity contribution in [1.29, 1.82) is 0 Å². The molecule has 1 aromatic carbocycles. The molecule has 3 atom stereocenters. The second kappa shape index (κ2) is 7.31. The van der Waals surface area contributed by atoms with E-state index >= 15 is 0 Å². The summed E-state index contributed by atoms with van der Waals surface area (Å²) in [5.41, 5.74) is 6.72. The van der Waals surface area contributed by atoms with Crippen LogP contribution in [0.25, 0.3) is 0 Å². The lowest BCUT2D eigenvalue weighted by Gasteiger charge is -2.21. The SMILES string of the molecule is Cc1cc(Cl)ccc1OCCN(C)C(=O)[C@H]1C[C@@H](N)[C@H](O)C1. The number of aryl methyl sites for hydroxylation is 1. The number of amides is 1. The molecule has 2 rings (SSSR count). The van der Waals surface area contributed by atoms with Gasteiger partial charge in [-0.1, -0.05) is 11.6 Å². The highest BCUT2D eigenvalue weighted by atomic mass is 35.5. The summed E-state index contributed by atoms with van der Waals surface area (Å²) in [6.45, 7) is 2.83. The molecular formula is C16H23ClN2O3. The summed E-state index contributed by atoms with van der Waals surface area (Å²) in [4.78, 5) is 13.9. The van der Waals surface area contributed by atoms with Gasteiger partial charge >= 0.3 is 0 Å². The number of ether oxygens (including phenoxy) is 1. The van der Waals surface area contributed by atoms with Crippen LogP contribution in [0.15, 0.2) is 18.2 Å². The van der Waals surface area contributed by atoms with E-state index in [9.17, 15) is 9.90 Å².